The van der Waals surface area contributed by atoms with E-state index in [0.717, 1.165) is 5.92 Å². The molecule has 3 rings (SSSR count). The predicted molar refractivity (Wildman–Crippen MR) is 65.0 cm³/mol. The van der Waals surface area contributed by atoms with E-state index in [4.69, 9.17) is 0 Å². The summed E-state index contributed by atoms with van der Waals surface area (Å²) < 4.78 is 0. The molecule has 1 aromatic carbocycles. The maximum Gasteiger partial charge on any atom is 0.0444 e. The molecule has 1 heterocycles. The first kappa shape index (κ1) is 9.02. The van der Waals surface area contributed by atoms with Crippen LogP contribution in [0.2, 0.25) is 0 Å². The van der Waals surface area contributed by atoms with Crippen molar-refractivity contribution in [3.8, 4) is 0 Å². The summed E-state index contributed by atoms with van der Waals surface area (Å²) in [5, 5.41) is 0. The molecule has 15 heavy (non-hydrogen) atoms. The number of hydrogen-bond acceptors (Lipinski definition) is 1. The topological polar surface area (TPSA) is 3.24 Å². The van der Waals surface area contributed by atoms with Crippen LogP contribution < -0.4 is 4.90 Å². The van der Waals surface area contributed by atoms with Crippen LogP contribution in [-0.4, -0.2) is 12.1 Å². The Bertz CT molecular complexity index is 408. The van der Waals surface area contributed by atoms with E-state index < -0.39 is 0 Å². The molecule has 1 aliphatic heterocycles. The highest BCUT2D eigenvalue weighted by atomic mass is 15.3. The zero-order valence-electron chi connectivity index (χ0n) is 9.24. The molecule has 0 aromatic heterocycles. The van der Waals surface area contributed by atoms with E-state index >= 15 is 0 Å². The fraction of sp³-hybridized carbons (Fsp3) is 0.429. The number of fused-ring (bicyclic) bond motifs is 1. The van der Waals surface area contributed by atoms with E-state index in [1.165, 1.54) is 30.6 Å². The Hall–Kier alpha value is -1.24. The Balaban J connectivity index is 2.02. The normalized spacial score (nSPS) is 32.6. The fourth-order valence-electron chi connectivity index (χ4n) is 3.03. The quantitative estimate of drug-likeness (QED) is 0.706. The van der Waals surface area contributed by atoms with Crippen LogP contribution in [0.3, 0.4) is 0 Å². The highest BCUT2D eigenvalue weighted by Crippen LogP contribution is 2.56. The van der Waals surface area contributed by atoms with Crippen molar-refractivity contribution in [3.63, 3.8) is 0 Å². The first-order chi connectivity index (χ1) is 7.25. The van der Waals surface area contributed by atoms with Gasteiger partial charge in [0.05, 0.1) is 0 Å². The van der Waals surface area contributed by atoms with Gasteiger partial charge in [-0.2, -0.15) is 0 Å². The zero-order valence-corrected chi connectivity index (χ0v) is 9.24. The Morgan fingerprint density at radius 2 is 2.27 bits per heavy atom. The second-order valence-corrected chi connectivity index (χ2v) is 4.96. The van der Waals surface area contributed by atoms with Crippen LogP contribution in [0.1, 0.15) is 25.3 Å². The number of anilines is 1. The SMILES string of the molecule is C=Cc1ccccc1N1CCC2CC21C. The van der Waals surface area contributed by atoms with Crippen molar-refractivity contribution < 1.29 is 0 Å². The van der Waals surface area contributed by atoms with Crippen LogP contribution in [0.4, 0.5) is 5.69 Å². The first-order valence-corrected chi connectivity index (χ1v) is 5.75. The van der Waals surface area contributed by atoms with E-state index in [1.54, 1.807) is 0 Å². The molecule has 1 aromatic rings. The van der Waals surface area contributed by atoms with Crippen molar-refractivity contribution in [2.45, 2.75) is 25.3 Å². The molecule has 2 unspecified atom stereocenters. The third-order valence-electron chi connectivity index (χ3n) is 4.14. The number of rotatable bonds is 2. The molecule has 0 N–H and O–H groups in total. The first-order valence-electron chi connectivity index (χ1n) is 5.75. The van der Waals surface area contributed by atoms with E-state index in [2.05, 4.69) is 42.7 Å². The highest BCUT2D eigenvalue weighted by molar-refractivity contribution is 5.69. The maximum absolute atomic E-state index is 3.90. The van der Waals surface area contributed by atoms with Crippen LogP contribution in [-0.2, 0) is 0 Å². The summed E-state index contributed by atoms with van der Waals surface area (Å²) in [5.41, 5.74) is 3.10. The van der Waals surface area contributed by atoms with Gasteiger partial charge in [0, 0.05) is 17.8 Å². The van der Waals surface area contributed by atoms with Gasteiger partial charge in [-0.3, -0.25) is 0 Å². The number of nitrogens with zero attached hydrogens (tertiary/aromatic N) is 1. The Labute approximate surface area is 91.4 Å². The molecule has 0 bridgehead atoms. The van der Waals surface area contributed by atoms with Gasteiger partial charge in [0.1, 0.15) is 0 Å². The molecule has 1 saturated heterocycles. The van der Waals surface area contributed by atoms with Gasteiger partial charge < -0.3 is 4.90 Å². The average Bonchev–Trinajstić information content (AvgIpc) is 2.82. The predicted octanol–water partition coefficient (Wildman–Crippen LogP) is 3.32. The summed E-state index contributed by atoms with van der Waals surface area (Å²) in [6, 6.07) is 8.59. The van der Waals surface area contributed by atoms with E-state index in [9.17, 15) is 0 Å². The molecular weight excluding hydrogens is 182 g/mol. The summed E-state index contributed by atoms with van der Waals surface area (Å²) in [7, 11) is 0. The van der Waals surface area contributed by atoms with Crippen LogP contribution >= 0.6 is 0 Å². The summed E-state index contributed by atoms with van der Waals surface area (Å²) in [6.45, 7) is 7.51. The van der Waals surface area contributed by atoms with Gasteiger partial charge in [-0.15, -0.1) is 0 Å². The largest absolute Gasteiger partial charge is 0.365 e. The molecule has 0 radical (unpaired) electrons. The van der Waals surface area contributed by atoms with Crippen LogP contribution in [0.25, 0.3) is 6.08 Å². The fourth-order valence-corrected chi connectivity index (χ4v) is 3.03. The van der Waals surface area contributed by atoms with E-state index in [-0.39, 0.29) is 0 Å². The lowest BCUT2D eigenvalue weighted by Gasteiger charge is -2.29. The second kappa shape index (κ2) is 2.88. The third-order valence-corrected chi connectivity index (χ3v) is 4.14. The average molecular weight is 199 g/mol. The lowest BCUT2D eigenvalue weighted by Crippen LogP contribution is -2.32. The van der Waals surface area contributed by atoms with Crippen molar-refractivity contribution in [1.82, 2.24) is 0 Å². The van der Waals surface area contributed by atoms with Crippen molar-refractivity contribution in [2.24, 2.45) is 5.92 Å². The molecule has 2 atom stereocenters. The van der Waals surface area contributed by atoms with Gasteiger partial charge in [0.15, 0.2) is 0 Å². The van der Waals surface area contributed by atoms with Gasteiger partial charge in [-0.1, -0.05) is 30.9 Å². The molecule has 2 fully saturated rings. The van der Waals surface area contributed by atoms with Crippen LogP contribution in [0, 0.1) is 5.92 Å². The van der Waals surface area contributed by atoms with Crippen molar-refractivity contribution in [2.75, 3.05) is 11.4 Å². The van der Waals surface area contributed by atoms with Crippen molar-refractivity contribution in [3.05, 3.63) is 36.4 Å². The Morgan fingerprint density at radius 3 is 2.87 bits per heavy atom. The number of benzene rings is 1. The summed E-state index contributed by atoms with van der Waals surface area (Å²) in [6.07, 6.45) is 4.70. The van der Waals surface area contributed by atoms with Gasteiger partial charge in [0.2, 0.25) is 0 Å². The molecule has 0 amide bonds. The lowest BCUT2D eigenvalue weighted by molar-refractivity contribution is 0.688. The van der Waals surface area contributed by atoms with Gasteiger partial charge in [-0.05, 0) is 37.3 Å². The Morgan fingerprint density at radius 1 is 1.47 bits per heavy atom. The van der Waals surface area contributed by atoms with Crippen molar-refractivity contribution >= 4 is 11.8 Å². The number of para-hydroxylation sites is 1. The minimum absolute atomic E-state index is 0.457. The molecule has 1 nitrogen and oxygen atoms in total. The molecule has 0 spiro atoms. The standard InChI is InChI=1S/C14H17N/c1-3-11-6-4-5-7-13(11)15-9-8-12-10-14(12,15)2/h3-7,12H,1,8-10H2,2H3. The third kappa shape index (κ3) is 1.16. The molecule has 1 heteroatoms. The van der Waals surface area contributed by atoms with Crippen LogP contribution in [0.15, 0.2) is 30.8 Å². The summed E-state index contributed by atoms with van der Waals surface area (Å²) in [5.74, 6) is 0.940. The number of piperidine rings is 1. The van der Waals surface area contributed by atoms with Crippen molar-refractivity contribution in [1.29, 1.82) is 0 Å². The molecular formula is C14H17N. The molecule has 1 saturated carbocycles. The van der Waals surface area contributed by atoms with E-state index in [1.807, 2.05) is 6.08 Å². The molecule has 78 valence electrons. The van der Waals surface area contributed by atoms with Crippen LogP contribution in [0.5, 0.6) is 0 Å². The van der Waals surface area contributed by atoms with E-state index in [0.29, 0.717) is 5.54 Å². The Kier molecular flexibility index (Phi) is 1.73. The minimum atomic E-state index is 0.457. The van der Waals surface area contributed by atoms with Gasteiger partial charge in [-0.25, -0.2) is 0 Å². The molecule has 2 aliphatic rings. The minimum Gasteiger partial charge on any atom is -0.365 e. The summed E-state index contributed by atoms with van der Waals surface area (Å²) >= 11 is 0. The number of hydrogen-bond donors (Lipinski definition) is 0. The second-order valence-electron chi connectivity index (χ2n) is 4.96. The zero-order chi connectivity index (χ0) is 10.5. The van der Waals surface area contributed by atoms with Gasteiger partial charge >= 0.3 is 0 Å². The smallest absolute Gasteiger partial charge is 0.0444 e. The monoisotopic (exact) mass is 199 g/mol. The summed E-state index contributed by atoms with van der Waals surface area (Å²) in [4.78, 5) is 2.58. The highest BCUT2D eigenvalue weighted by Gasteiger charge is 2.58. The molecule has 1 aliphatic carbocycles. The lowest BCUT2D eigenvalue weighted by atomic mass is 10.1. The maximum atomic E-state index is 3.90. The van der Waals surface area contributed by atoms with Gasteiger partial charge in [0.25, 0.3) is 0 Å².